The smallest absolute Gasteiger partial charge is 0.330 e. The predicted octanol–water partition coefficient (Wildman–Crippen LogP) is 1.89. The lowest BCUT2D eigenvalue weighted by Crippen LogP contribution is -2.37. The lowest BCUT2D eigenvalue weighted by Gasteiger charge is -2.23. The first-order valence-corrected chi connectivity index (χ1v) is 6.85. The van der Waals surface area contributed by atoms with E-state index in [4.69, 9.17) is 15.7 Å². The zero-order chi connectivity index (χ0) is 17.1. The molecule has 1 heterocycles. The maximum atomic E-state index is 14.2. The zero-order valence-corrected chi connectivity index (χ0v) is 12.2. The molecule has 122 valence electrons. The molecule has 0 aliphatic carbocycles. The lowest BCUT2D eigenvalue weighted by atomic mass is 9.91. The SMILES string of the molecule is CCOC(=O)C1C(c2cc(F)c(CN)c(F)c2F)C=CN1C#N. The molecule has 0 spiro atoms. The van der Waals surface area contributed by atoms with Crippen molar-refractivity contribution >= 4 is 5.97 Å². The van der Waals surface area contributed by atoms with Gasteiger partial charge in [0.25, 0.3) is 0 Å². The topological polar surface area (TPSA) is 79.3 Å². The average Bonchev–Trinajstić information content (AvgIpc) is 2.95. The molecular weight excluding hydrogens is 311 g/mol. The summed E-state index contributed by atoms with van der Waals surface area (Å²) in [6.45, 7) is 1.13. The molecule has 0 saturated heterocycles. The highest BCUT2D eigenvalue weighted by Crippen LogP contribution is 2.35. The summed E-state index contributed by atoms with van der Waals surface area (Å²) in [6, 6.07) is -0.417. The summed E-state index contributed by atoms with van der Waals surface area (Å²) in [6.07, 6.45) is 4.31. The third-order valence-corrected chi connectivity index (χ3v) is 3.58. The van der Waals surface area contributed by atoms with Gasteiger partial charge in [-0.1, -0.05) is 6.08 Å². The van der Waals surface area contributed by atoms with Gasteiger partial charge in [0.05, 0.1) is 6.61 Å². The number of nitriles is 1. The molecule has 0 aromatic heterocycles. The van der Waals surface area contributed by atoms with Crippen LogP contribution in [0.25, 0.3) is 0 Å². The number of benzene rings is 1. The van der Waals surface area contributed by atoms with Crippen LogP contribution in [0.4, 0.5) is 13.2 Å². The van der Waals surface area contributed by atoms with Gasteiger partial charge in [0.2, 0.25) is 0 Å². The molecule has 0 radical (unpaired) electrons. The van der Waals surface area contributed by atoms with Crippen molar-refractivity contribution < 1.29 is 22.7 Å². The predicted molar refractivity (Wildman–Crippen MR) is 74.0 cm³/mol. The van der Waals surface area contributed by atoms with Crippen LogP contribution in [-0.2, 0) is 16.1 Å². The summed E-state index contributed by atoms with van der Waals surface area (Å²) in [5.41, 5.74) is 4.25. The summed E-state index contributed by atoms with van der Waals surface area (Å²) in [5.74, 6) is -5.53. The third kappa shape index (κ3) is 2.87. The Bertz CT molecular complexity index is 700. The number of carbonyl (C=O) groups excluding carboxylic acids is 1. The van der Waals surface area contributed by atoms with Crippen molar-refractivity contribution in [3.05, 3.63) is 46.9 Å². The molecule has 0 bridgehead atoms. The van der Waals surface area contributed by atoms with Crippen LogP contribution in [0.15, 0.2) is 18.3 Å². The molecule has 1 aliphatic heterocycles. The first-order valence-electron chi connectivity index (χ1n) is 6.85. The fourth-order valence-electron chi connectivity index (χ4n) is 2.49. The molecule has 1 aromatic rings. The second-order valence-electron chi connectivity index (χ2n) is 4.83. The molecule has 0 fully saturated rings. The molecule has 0 amide bonds. The number of esters is 1. The normalized spacial score (nSPS) is 19.7. The summed E-state index contributed by atoms with van der Waals surface area (Å²) in [5, 5.41) is 9.04. The Morgan fingerprint density at radius 2 is 2.13 bits per heavy atom. The second-order valence-corrected chi connectivity index (χ2v) is 4.83. The number of rotatable bonds is 4. The van der Waals surface area contributed by atoms with Gasteiger partial charge in [0.15, 0.2) is 23.9 Å². The highest BCUT2D eigenvalue weighted by molar-refractivity contribution is 5.79. The van der Waals surface area contributed by atoms with E-state index in [-0.39, 0.29) is 12.2 Å². The summed E-state index contributed by atoms with van der Waals surface area (Å²) in [4.78, 5) is 13.0. The number of ether oxygens (including phenoxy) is 1. The van der Waals surface area contributed by atoms with Crippen molar-refractivity contribution in [3.63, 3.8) is 0 Å². The highest BCUT2D eigenvalue weighted by atomic mass is 19.2. The zero-order valence-electron chi connectivity index (χ0n) is 12.2. The van der Waals surface area contributed by atoms with Crippen LogP contribution in [0.3, 0.4) is 0 Å². The standard InChI is InChI=1S/C15H14F3N3O2/c1-2-23-15(22)14-8(3-4-21(14)7-20)9-5-11(16)10(6-19)13(18)12(9)17/h3-5,8,14H,2,6,19H2,1H3. The number of halogens is 3. The highest BCUT2D eigenvalue weighted by Gasteiger charge is 2.40. The Balaban J connectivity index is 2.50. The summed E-state index contributed by atoms with van der Waals surface area (Å²) in [7, 11) is 0. The minimum Gasteiger partial charge on any atom is -0.464 e. The van der Waals surface area contributed by atoms with E-state index >= 15 is 0 Å². The Labute approximate surface area is 130 Å². The van der Waals surface area contributed by atoms with E-state index in [1.807, 2.05) is 0 Å². The van der Waals surface area contributed by atoms with Gasteiger partial charge < -0.3 is 10.5 Å². The maximum Gasteiger partial charge on any atom is 0.330 e. The van der Waals surface area contributed by atoms with Gasteiger partial charge in [-0.25, -0.2) is 18.0 Å². The van der Waals surface area contributed by atoms with Gasteiger partial charge in [-0.05, 0) is 13.0 Å². The second kappa shape index (κ2) is 6.71. The maximum absolute atomic E-state index is 14.2. The van der Waals surface area contributed by atoms with Crippen LogP contribution >= 0.6 is 0 Å². The first-order chi connectivity index (χ1) is 11.0. The molecule has 2 atom stereocenters. The number of nitrogens with two attached hydrogens (primary N) is 1. The molecule has 2 rings (SSSR count). The Morgan fingerprint density at radius 1 is 1.43 bits per heavy atom. The number of hydrogen-bond acceptors (Lipinski definition) is 5. The average molecular weight is 325 g/mol. The van der Waals surface area contributed by atoms with Crippen molar-refractivity contribution in [1.29, 1.82) is 5.26 Å². The molecule has 1 aliphatic rings. The van der Waals surface area contributed by atoms with Crippen LogP contribution in [0.5, 0.6) is 0 Å². The van der Waals surface area contributed by atoms with Crippen LogP contribution in [0.2, 0.25) is 0 Å². The quantitative estimate of drug-likeness (QED) is 0.519. The third-order valence-electron chi connectivity index (χ3n) is 3.58. The fourth-order valence-corrected chi connectivity index (χ4v) is 2.49. The molecule has 2 N–H and O–H groups in total. The Hall–Kier alpha value is -2.53. The van der Waals surface area contributed by atoms with E-state index in [1.165, 1.54) is 12.3 Å². The van der Waals surface area contributed by atoms with E-state index < -0.39 is 47.5 Å². The van der Waals surface area contributed by atoms with Gasteiger partial charge in [-0.3, -0.25) is 4.90 Å². The Morgan fingerprint density at radius 3 is 2.70 bits per heavy atom. The Kier molecular flexibility index (Phi) is 4.91. The lowest BCUT2D eigenvalue weighted by molar-refractivity contribution is -0.147. The van der Waals surface area contributed by atoms with E-state index in [0.29, 0.717) is 0 Å². The van der Waals surface area contributed by atoms with Crippen molar-refractivity contribution in [2.75, 3.05) is 6.61 Å². The summed E-state index contributed by atoms with van der Waals surface area (Å²) >= 11 is 0. The largest absolute Gasteiger partial charge is 0.464 e. The van der Waals surface area contributed by atoms with Crippen molar-refractivity contribution in [1.82, 2.24) is 4.90 Å². The number of hydrogen-bond donors (Lipinski definition) is 1. The molecule has 5 nitrogen and oxygen atoms in total. The molecule has 0 saturated carbocycles. The van der Waals surface area contributed by atoms with Gasteiger partial charge >= 0.3 is 5.97 Å². The van der Waals surface area contributed by atoms with Crippen molar-refractivity contribution in [3.8, 4) is 6.19 Å². The van der Waals surface area contributed by atoms with E-state index in [0.717, 1.165) is 11.0 Å². The van der Waals surface area contributed by atoms with Crippen LogP contribution in [0.1, 0.15) is 24.0 Å². The van der Waals surface area contributed by atoms with E-state index in [9.17, 15) is 18.0 Å². The van der Waals surface area contributed by atoms with E-state index in [1.54, 1.807) is 13.1 Å². The molecule has 2 unspecified atom stereocenters. The van der Waals surface area contributed by atoms with Crippen molar-refractivity contribution in [2.45, 2.75) is 25.4 Å². The summed E-state index contributed by atoms with van der Waals surface area (Å²) < 4.78 is 46.9. The van der Waals surface area contributed by atoms with Crippen molar-refractivity contribution in [2.24, 2.45) is 5.73 Å². The van der Waals surface area contributed by atoms with Crippen LogP contribution < -0.4 is 5.73 Å². The molecule has 23 heavy (non-hydrogen) atoms. The molecular formula is C15H14F3N3O2. The minimum atomic E-state index is -1.39. The molecule has 1 aromatic carbocycles. The van der Waals surface area contributed by atoms with E-state index in [2.05, 4.69) is 0 Å². The monoisotopic (exact) mass is 325 g/mol. The fraction of sp³-hybridized carbons (Fsp3) is 0.333. The van der Waals surface area contributed by atoms with Gasteiger partial charge in [0, 0.05) is 29.8 Å². The van der Waals surface area contributed by atoms with Gasteiger partial charge in [-0.15, -0.1) is 0 Å². The number of nitrogens with zero attached hydrogens (tertiary/aromatic N) is 2. The van der Waals surface area contributed by atoms with Crippen LogP contribution in [-0.4, -0.2) is 23.5 Å². The van der Waals surface area contributed by atoms with Gasteiger partial charge in [-0.2, -0.15) is 5.26 Å². The first kappa shape index (κ1) is 16.8. The molecule has 8 heteroatoms. The van der Waals surface area contributed by atoms with Crippen LogP contribution in [0, 0.1) is 28.9 Å². The minimum absolute atomic E-state index is 0.0542. The van der Waals surface area contributed by atoms with Gasteiger partial charge in [0.1, 0.15) is 5.82 Å². The number of carbonyl (C=O) groups is 1.